The molecule has 0 radical (unpaired) electrons. The van der Waals surface area contributed by atoms with Crippen molar-refractivity contribution >= 4 is 44.3 Å². The number of rotatable bonds is 4. The summed E-state index contributed by atoms with van der Waals surface area (Å²) in [6.07, 6.45) is 4.62. The molecule has 1 amide bonds. The van der Waals surface area contributed by atoms with Crippen LogP contribution in [0.1, 0.15) is 40.6 Å². The van der Waals surface area contributed by atoms with Crippen LogP contribution in [-0.4, -0.2) is 50.1 Å². The Bertz CT molecular complexity index is 1660. The Balaban J connectivity index is 1.51. The van der Waals surface area contributed by atoms with Gasteiger partial charge in [-0.25, -0.2) is 23.7 Å². The fraction of sp³-hybridized carbons (Fsp3) is 0.308. The van der Waals surface area contributed by atoms with Crippen molar-refractivity contribution < 1.29 is 18.3 Å². The standard InChI is InChI=1S/C26H22F2N6O2S/c1-3-20(35)33-10-18-16(21-24(29)30-12-31-25(21)34(18)9-14(33)11-36-2)7-6-15-17(27)8-19-23(22(15)28)32-26(37-19)13-4-5-13/h3,8,12-14H,1,4-5,9-11H2,2H3,(H2,29,30,31). The van der Waals surface area contributed by atoms with Crippen LogP contribution < -0.4 is 5.73 Å². The number of benzene rings is 1. The van der Waals surface area contributed by atoms with Gasteiger partial charge >= 0.3 is 0 Å². The first kappa shape index (κ1) is 23.5. The molecule has 1 aliphatic carbocycles. The lowest BCUT2D eigenvalue weighted by Crippen LogP contribution is -2.48. The number of amides is 1. The fourth-order valence-corrected chi connectivity index (χ4v) is 5.96. The second-order valence-corrected chi connectivity index (χ2v) is 10.2. The first-order valence-corrected chi connectivity index (χ1v) is 12.6. The van der Waals surface area contributed by atoms with Crippen LogP contribution in [0.4, 0.5) is 14.6 Å². The maximum atomic E-state index is 15.4. The SMILES string of the molecule is C=CC(=O)N1Cc2c(C#Cc3c(F)cc4sc(C5CC5)nc4c3F)c3c(N)ncnc3n2CC1COC. The molecule has 37 heavy (non-hydrogen) atoms. The van der Waals surface area contributed by atoms with Crippen LogP contribution in [-0.2, 0) is 22.6 Å². The minimum absolute atomic E-state index is 0.134. The van der Waals surface area contributed by atoms with Crippen LogP contribution >= 0.6 is 11.3 Å². The van der Waals surface area contributed by atoms with Crippen LogP contribution in [0, 0.1) is 23.5 Å². The summed E-state index contributed by atoms with van der Waals surface area (Å²) in [4.78, 5) is 27.2. The molecule has 0 saturated heterocycles. The number of carbonyl (C=O) groups excluding carboxylic acids is 1. The molecule has 1 fully saturated rings. The number of methoxy groups -OCH3 is 1. The third kappa shape index (κ3) is 3.84. The summed E-state index contributed by atoms with van der Waals surface area (Å²) in [7, 11) is 1.56. The number of anilines is 1. The highest BCUT2D eigenvalue weighted by atomic mass is 32.1. The Morgan fingerprint density at radius 3 is 2.84 bits per heavy atom. The maximum absolute atomic E-state index is 15.4. The molecular formula is C26H22F2N6O2S. The second kappa shape index (κ2) is 8.90. The van der Waals surface area contributed by atoms with Crippen LogP contribution in [0.15, 0.2) is 25.0 Å². The molecule has 6 rings (SSSR count). The smallest absolute Gasteiger partial charge is 0.246 e. The van der Waals surface area contributed by atoms with Gasteiger partial charge in [0.05, 0.1) is 51.1 Å². The Labute approximate surface area is 214 Å². The minimum atomic E-state index is -0.782. The molecular weight excluding hydrogens is 498 g/mol. The lowest BCUT2D eigenvalue weighted by Gasteiger charge is -2.36. The zero-order chi connectivity index (χ0) is 25.8. The predicted molar refractivity (Wildman–Crippen MR) is 136 cm³/mol. The van der Waals surface area contributed by atoms with E-state index in [0.29, 0.717) is 46.1 Å². The van der Waals surface area contributed by atoms with E-state index < -0.39 is 11.6 Å². The van der Waals surface area contributed by atoms with Gasteiger partial charge in [0, 0.05) is 19.6 Å². The van der Waals surface area contributed by atoms with E-state index in [1.807, 2.05) is 4.57 Å². The Hall–Kier alpha value is -3.88. The summed E-state index contributed by atoms with van der Waals surface area (Å²) in [5.41, 5.74) is 7.57. The van der Waals surface area contributed by atoms with Crippen molar-refractivity contribution in [2.45, 2.75) is 37.9 Å². The highest BCUT2D eigenvalue weighted by Gasteiger charge is 2.33. The zero-order valence-corrected chi connectivity index (χ0v) is 20.7. The van der Waals surface area contributed by atoms with Crippen molar-refractivity contribution in [3.63, 3.8) is 0 Å². The van der Waals surface area contributed by atoms with Crippen molar-refractivity contribution in [2.24, 2.45) is 0 Å². The molecule has 2 N–H and O–H groups in total. The molecule has 3 aromatic heterocycles. The van der Waals surface area contributed by atoms with Gasteiger partial charge in [-0.2, -0.15) is 0 Å². The average Bonchev–Trinajstić information content (AvgIpc) is 3.58. The Morgan fingerprint density at radius 2 is 2.11 bits per heavy atom. The summed E-state index contributed by atoms with van der Waals surface area (Å²) in [5, 5.41) is 1.30. The number of halogens is 2. The number of nitrogen functional groups attached to an aromatic ring is 1. The molecule has 1 aromatic carbocycles. The third-order valence-corrected chi connectivity index (χ3v) is 7.95. The molecule has 11 heteroatoms. The molecule has 1 aliphatic heterocycles. The topological polar surface area (TPSA) is 99.2 Å². The van der Waals surface area contributed by atoms with Crippen molar-refractivity contribution in [2.75, 3.05) is 19.5 Å². The first-order chi connectivity index (χ1) is 17.9. The Kier molecular flexibility index (Phi) is 5.66. The summed E-state index contributed by atoms with van der Waals surface area (Å²) in [6.45, 7) is 4.44. The predicted octanol–water partition coefficient (Wildman–Crippen LogP) is 3.72. The van der Waals surface area contributed by atoms with E-state index in [1.54, 1.807) is 12.0 Å². The monoisotopic (exact) mass is 520 g/mol. The van der Waals surface area contributed by atoms with Crippen molar-refractivity contribution in [1.82, 2.24) is 24.4 Å². The molecule has 8 nitrogen and oxygen atoms in total. The lowest BCUT2D eigenvalue weighted by molar-refractivity contribution is -0.131. The van der Waals surface area contributed by atoms with E-state index in [0.717, 1.165) is 17.8 Å². The molecule has 1 atom stereocenters. The highest BCUT2D eigenvalue weighted by molar-refractivity contribution is 7.18. The second-order valence-electron chi connectivity index (χ2n) is 9.14. The van der Waals surface area contributed by atoms with E-state index >= 15 is 8.78 Å². The molecule has 4 heterocycles. The van der Waals surface area contributed by atoms with Gasteiger partial charge in [-0.1, -0.05) is 18.4 Å². The first-order valence-electron chi connectivity index (χ1n) is 11.7. The van der Waals surface area contributed by atoms with Crippen molar-refractivity contribution in [1.29, 1.82) is 0 Å². The summed E-state index contributed by atoms with van der Waals surface area (Å²) in [5.74, 6) is 4.33. The van der Waals surface area contributed by atoms with Gasteiger partial charge < -0.3 is 19.9 Å². The van der Waals surface area contributed by atoms with Gasteiger partial charge in [-0.3, -0.25) is 4.79 Å². The maximum Gasteiger partial charge on any atom is 0.246 e. The van der Waals surface area contributed by atoms with Gasteiger partial charge in [0.25, 0.3) is 0 Å². The third-order valence-electron chi connectivity index (χ3n) is 6.78. The van der Waals surface area contributed by atoms with Crippen LogP contribution in [0.3, 0.4) is 0 Å². The number of thiazole rings is 1. The normalized spacial score (nSPS) is 17.1. The molecule has 0 spiro atoms. The molecule has 1 saturated carbocycles. The summed E-state index contributed by atoms with van der Waals surface area (Å²) >= 11 is 1.32. The summed E-state index contributed by atoms with van der Waals surface area (Å²) in [6, 6.07) is 1.01. The van der Waals surface area contributed by atoms with Crippen LogP contribution in [0.5, 0.6) is 0 Å². The van der Waals surface area contributed by atoms with E-state index in [4.69, 9.17) is 10.5 Å². The van der Waals surface area contributed by atoms with Gasteiger partial charge in [-0.15, -0.1) is 11.3 Å². The number of nitrogens with zero attached hydrogens (tertiary/aromatic N) is 5. The van der Waals surface area contributed by atoms with Gasteiger partial charge in [0.15, 0.2) is 5.82 Å². The van der Waals surface area contributed by atoms with Crippen LogP contribution in [0.25, 0.3) is 21.3 Å². The number of carbonyl (C=O) groups is 1. The van der Waals surface area contributed by atoms with E-state index in [2.05, 4.69) is 33.4 Å². The fourth-order valence-electron chi connectivity index (χ4n) is 4.81. The number of aromatic nitrogens is 4. The number of ether oxygens (including phenoxy) is 1. The van der Waals surface area contributed by atoms with Gasteiger partial charge in [0.2, 0.25) is 5.91 Å². The van der Waals surface area contributed by atoms with Crippen LogP contribution in [0.2, 0.25) is 0 Å². The van der Waals surface area contributed by atoms with Crippen molar-refractivity contribution in [3.05, 3.63) is 58.5 Å². The minimum Gasteiger partial charge on any atom is -0.383 e. The van der Waals surface area contributed by atoms with Gasteiger partial charge in [0.1, 0.15) is 29.1 Å². The van der Waals surface area contributed by atoms with E-state index in [9.17, 15) is 4.79 Å². The molecule has 2 aliphatic rings. The quantitative estimate of drug-likeness (QED) is 0.325. The number of hydrogen-bond donors (Lipinski definition) is 1. The number of hydrogen-bond acceptors (Lipinski definition) is 7. The van der Waals surface area contributed by atoms with E-state index in [-0.39, 0.29) is 35.4 Å². The number of nitrogens with two attached hydrogens (primary N) is 1. The van der Waals surface area contributed by atoms with Crippen molar-refractivity contribution in [3.8, 4) is 11.8 Å². The largest absolute Gasteiger partial charge is 0.383 e. The summed E-state index contributed by atoms with van der Waals surface area (Å²) < 4.78 is 38.1. The Morgan fingerprint density at radius 1 is 1.32 bits per heavy atom. The lowest BCUT2D eigenvalue weighted by atomic mass is 10.1. The molecule has 4 aromatic rings. The highest BCUT2D eigenvalue weighted by Crippen LogP contribution is 2.44. The molecule has 0 bridgehead atoms. The van der Waals surface area contributed by atoms with Gasteiger partial charge in [-0.05, 0) is 25.0 Å². The molecule has 188 valence electrons. The van der Waals surface area contributed by atoms with E-state index in [1.165, 1.54) is 29.8 Å². The number of fused-ring (bicyclic) bond motifs is 4. The molecule has 1 unspecified atom stereocenters. The average molecular weight is 521 g/mol. The zero-order valence-electron chi connectivity index (χ0n) is 19.9.